The summed E-state index contributed by atoms with van der Waals surface area (Å²) in [6, 6.07) is 9.33. The number of benzene rings is 1. The predicted molar refractivity (Wildman–Crippen MR) is 102 cm³/mol. The minimum Gasteiger partial charge on any atom is -0.337 e. The van der Waals surface area contributed by atoms with Crippen molar-refractivity contribution in [1.29, 1.82) is 0 Å². The van der Waals surface area contributed by atoms with Crippen molar-refractivity contribution in [2.45, 2.75) is 17.8 Å². The van der Waals surface area contributed by atoms with E-state index in [1.54, 1.807) is 21.8 Å². The number of amides is 1. The lowest BCUT2D eigenvalue weighted by Gasteiger charge is -2.25. The fourth-order valence-electron chi connectivity index (χ4n) is 4.30. The number of nitrogens with zero attached hydrogens (tertiary/aromatic N) is 4. The van der Waals surface area contributed by atoms with E-state index in [1.807, 2.05) is 49.5 Å². The molecular weight excluding hydrogens is 364 g/mol. The summed E-state index contributed by atoms with van der Waals surface area (Å²) < 4.78 is 26.8. The Morgan fingerprint density at radius 1 is 1.26 bits per heavy atom. The van der Waals surface area contributed by atoms with Crippen molar-refractivity contribution in [2.75, 3.05) is 32.9 Å². The normalized spacial score (nSPS) is 26.5. The van der Waals surface area contributed by atoms with Gasteiger partial charge in [0.2, 0.25) is 0 Å². The van der Waals surface area contributed by atoms with Gasteiger partial charge in [0.25, 0.3) is 5.91 Å². The lowest BCUT2D eigenvalue weighted by molar-refractivity contribution is 0.0779. The molecule has 0 saturated carbocycles. The molecule has 0 unspecified atom stereocenters. The molecule has 3 heterocycles. The maximum atomic E-state index is 13.0. The van der Waals surface area contributed by atoms with Crippen LogP contribution >= 0.6 is 0 Å². The molecule has 1 aromatic heterocycles. The SMILES string of the molecule is CN(C)[C@@H]1CS(=O)(=O)[C@H]2CN(C(=O)c3cccc(Cn4cccn4)c3)C[C@@H]12. The molecule has 2 aliphatic heterocycles. The van der Waals surface area contributed by atoms with Crippen LogP contribution < -0.4 is 0 Å². The second kappa shape index (κ2) is 6.76. The Labute approximate surface area is 159 Å². The Bertz CT molecular complexity index is 940. The van der Waals surface area contributed by atoms with Crippen LogP contribution in [0, 0.1) is 5.92 Å². The zero-order valence-corrected chi connectivity index (χ0v) is 16.3. The Hall–Kier alpha value is -2.19. The minimum absolute atomic E-state index is 0.0128. The van der Waals surface area contributed by atoms with Gasteiger partial charge in [-0.2, -0.15) is 5.10 Å². The van der Waals surface area contributed by atoms with Crippen LogP contribution in [0.5, 0.6) is 0 Å². The number of fused-ring (bicyclic) bond motifs is 1. The van der Waals surface area contributed by atoms with Gasteiger partial charge in [0.05, 0.1) is 17.5 Å². The van der Waals surface area contributed by atoms with Crippen molar-refractivity contribution < 1.29 is 13.2 Å². The smallest absolute Gasteiger partial charge is 0.253 e. The van der Waals surface area contributed by atoms with Crippen LogP contribution in [0.15, 0.2) is 42.7 Å². The highest BCUT2D eigenvalue weighted by atomic mass is 32.2. The molecule has 0 aliphatic carbocycles. The summed E-state index contributed by atoms with van der Waals surface area (Å²) in [7, 11) is 0.661. The molecule has 3 atom stereocenters. The number of likely N-dealkylation sites (tertiary alicyclic amines) is 1. The van der Waals surface area contributed by atoms with Gasteiger partial charge in [0.15, 0.2) is 9.84 Å². The van der Waals surface area contributed by atoms with E-state index < -0.39 is 15.1 Å². The average molecular weight is 388 g/mol. The second-order valence-corrected chi connectivity index (χ2v) is 9.94. The third-order valence-electron chi connectivity index (χ3n) is 5.70. The van der Waals surface area contributed by atoms with E-state index >= 15 is 0 Å². The van der Waals surface area contributed by atoms with Crippen LogP contribution in [0.2, 0.25) is 0 Å². The standard InChI is InChI=1S/C19H24N4O3S/c1-21(2)17-13-27(25,26)18-12-22(11-16(17)18)19(24)15-6-3-5-14(9-15)10-23-8-4-7-20-23/h3-9,16-18H,10-13H2,1-2H3/t16-,17+,18-/m0/s1. The maximum Gasteiger partial charge on any atom is 0.253 e. The third kappa shape index (κ3) is 3.39. The van der Waals surface area contributed by atoms with Gasteiger partial charge in [-0.25, -0.2) is 8.42 Å². The van der Waals surface area contributed by atoms with Gasteiger partial charge in [-0.1, -0.05) is 12.1 Å². The molecule has 8 heteroatoms. The van der Waals surface area contributed by atoms with E-state index in [1.165, 1.54) is 0 Å². The Kier molecular flexibility index (Phi) is 4.55. The van der Waals surface area contributed by atoms with Gasteiger partial charge in [0.1, 0.15) is 0 Å². The number of aromatic nitrogens is 2. The van der Waals surface area contributed by atoms with Crippen LogP contribution in [0.1, 0.15) is 15.9 Å². The van der Waals surface area contributed by atoms with E-state index in [-0.39, 0.29) is 23.6 Å². The summed E-state index contributed by atoms with van der Waals surface area (Å²) in [5, 5.41) is 3.75. The van der Waals surface area contributed by atoms with Crippen LogP contribution in [-0.2, 0) is 16.4 Å². The molecule has 0 radical (unpaired) electrons. The van der Waals surface area contributed by atoms with E-state index in [2.05, 4.69) is 5.10 Å². The van der Waals surface area contributed by atoms with E-state index in [0.717, 1.165) is 5.56 Å². The molecule has 1 aromatic carbocycles. The molecule has 7 nitrogen and oxygen atoms in total. The minimum atomic E-state index is -3.16. The zero-order chi connectivity index (χ0) is 19.2. The van der Waals surface area contributed by atoms with Crippen molar-refractivity contribution in [1.82, 2.24) is 19.6 Å². The number of carbonyl (C=O) groups excluding carboxylic acids is 1. The van der Waals surface area contributed by atoms with Crippen molar-refractivity contribution in [3.05, 3.63) is 53.9 Å². The number of rotatable bonds is 4. The quantitative estimate of drug-likeness (QED) is 0.772. The summed E-state index contributed by atoms with van der Waals surface area (Å²) in [5.74, 6) is 0.0807. The summed E-state index contributed by atoms with van der Waals surface area (Å²) in [6.07, 6.45) is 3.60. The number of hydrogen-bond donors (Lipinski definition) is 0. The molecule has 4 rings (SSSR count). The highest BCUT2D eigenvalue weighted by Crippen LogP contribution is 2.36. The zero-order valence-electron chi connectivity index (χ0n) is 15.5. The molecule has 2 saturated heterocycles. The first-order valence-corrected chi connectivity index (χ1v) is 10.8. The number of carbonyl (C=O) groups is 1. The van der Waals surface area contributed by atoms with Crippen molar-refractivity contribution in [3.63, 3.8) is 0 Å². The predicted octanol–water partition coefficient (Wildman–Crippen LogP) is 0.731. The molecule has 27 heavy (non-hydrogen) atoms. The molecule has 144 valence electrons. The van der Waals surface area contributed by atoms with Crippen LogP contribution in [0.4, 0.5) is 0 Å². The Morgan fingerprint density at radius 3 is 2.78 bits per heavy atom. The molecule has 1 amide bonds. The molecule has 2 aromatic rings. The number of hydrogen-bond acceptors (Lipinski definition) is 5. The molecule has 0 spiro atoms. The maximum absolute atomic E-state index is 13.0. The first-order chi connectivity index (χ1) is 12.8. The summed E-state index contributed by atoms with van der Waals surface area (Å²) in [5.41, 5.74) is 1.58. The van der Waals surface area contributed by atoms with Crippen LogP contribution in [0.3, 0.4) is 0 Å². The summed E-state index contributed by atoms with van der Waals surface area (Å²) in [6.45, 7) is 1.38. The van der Waals surface area contributed by atoms with E-state index in [0.29, 0.717) is 25.2 Å². The Balaban J connectivity index is 1.53. The van der Waals surface area contributed by atoms with Gasteiger partial charge < -0.3 is 9.80 Å². The average Bonchev–Trinajstić information content (AvgIpc) is 3.33. The first-order valence-electron chi connectivity index (χ1n) is 9.09. The topological polar surface area (TPSA) is 75.5 Å². The summed E-state index contributed by atoms with van der Waals surface area (Å²) >= 11 is 0. The molecule has 0 N–H and O–H groups in total. The lowest BCUT2D eigenvalue weighted by atomic mass is 10.00. The van der Waals surface area contributed by atoms with E-state index in [9.17, 15) is 13.2 Å². The van der Waals surface area contributed by atoms with Crippen molar-refractivity contribution >= 4 is 15.7 Å². The van der Waals surface area contributed by atoms with Crippen molar-refractivity contribution in [3.8, 4) is 0 Å². The highest BCUT2D eigenvalue weighted by molar-refractivity contribution is 7.92. The lowest BCUT2D eigenvalue weighted by Crippen LogP contribution is -2.38. The second-order valence-electron chi connectivity index (χ2n) is 7.68. The van der Waals surface area contributed by atoms with Gasteiger partial charge >= 0.3 is 0 Å². The fourth-order valence-corrected chi connectivity index (χ4v) is 6.77. The molecule has 2 fully saturated rings. The van der Waals surface area contributed by atoms with Crippen LogP contribution in [0.25, 0.3) is 0 Å². The van der Waals surface area contributed by atoms with Gasteiger partial charge in [-0.3, -0.25) is 9.48 Å². The highest BCUT2D eigenvalue weighted by Gasteiger charge is 2.53. The number of sulfone groups is 1. The molecular formula is C19H24N4O3S. The molecule has 0 bridgehead atoms. The monoisotopic (exact) mass is 388 g/mol. The fraction of sp³-hybridized carbons (Fsp3) is 0.474. The largest absolute Gasteiger partial charge is 0.337 e. The first kappa shape index (κ1) is 18.2. The van der Waals surface area contributed by atoms with Crippen LogP contribution in [-0.4, -0.2) is 78.1 Å². The molecule has 2 aliphatic rings. The van der Waals surface area contributed by atoms with Gasteiger partial charge in [0, 0.05) is 43.0 Å². The summed E-state index contributed by atoms with van der Waals surface area (Å²) in [4.78, 5) is 16.7. The van der Waals surface area contributed by atoms with E-state index in [4.69, 9.17) is 0 Å². The van der Waals surface area contributed by atoms with Crippen molar-refractivity contribution in [2.24, 2.45) is 5.92 Å². The third-order valence-corrected chi connectivity index (χ3v) is 7.92. The van der Waals surface area contributed by atoms with Gasteiger partial charge in [-0.15, -0.1) is 0 Å². The Morgan fingerprint density at radius 2 is 2.07 bits per heavy atom. The van der Waals surface area contributed by atoms with Gasteiger partial charge in [-0.05, 0) is 37.9 Å².